The molecule has 0 fully saturated rings. The van der Waals surface area contributed by atoms with Gasteiger partial charge in [-0.15, -0.1) is 0 Å². The summed E-state index contributed by atoms with van der Waals surface area (Å²) in [5.41, 5.74) is 3.80. The fourth-order valence-electron chi connectivity index (χ4n) is 4.58. The first-order chi connectivity index (χ1) is 20.4. The largest absolute Gasteiger partial charge is 0.493 e. The third-order valence-corrected chi connectivity index (χ3v) is 12.4. The molecule has 0 aliphatic heterocycles. The molecule has 0 radical (unpaired) electrons. The van der Waals surface area contributed by atoms with Crippen LogP contribution in [0.15, 0.2) is 85.4 Å². The zero-order chi connectivity index (χ0) is 31.5. The molecule has 3 rings (SSSR count). The van der Waals surface area contributed by atoms with E-state index in [0.717, 1.165) is 47.1 Å². The molecule has 43 heavy (non-hydrogen) atoms. The lowest BCUT2D eigenvalue weighted by atomic mass is 9.92. The number of hydrogen-bond donors (Lipinski definition) is 1. The summed E-state index contributed by atoms with van der Waals surface area (Å²) >= 11 is -0.172. The number of alkyl carbamates (subject to hydrolysis) is 1. The number of hydrogen-bond acceptors (Lipinski definition) is 5. The highest BCUT2D eigenvalue weighted by atomic mass is 32.2. The van der Waals surface area contributed by atoms with Crippen LogP contribution in [0, 0.1) is 0 Å². The van der Waals surface area contributed by atoms with Crippen molar-refractivity contribution in [2.45, 2.75) is 58.3 Å². The van der Waals surface area contributed by atoms with Crippen molar-refractivity contribution in [3.8, 4) is 5.75 Å². The van der Waals surface area contributed by atoms with Crippen LogP contribution in [0.2, 0.25) is 19.1 Å². The van der Waals surface area contributed by atoms with E-state index in [1.165, 1.54) is 0 Å². The van der Waals surface area contributed by atoms with E-state index in [1.54, 1.807) is 0 Å². The molecule has 0 aliphatic rings. The number of carbonyl (C=O) groups is 2. The molecule has 8 heteroatoms. The number of ether oxygens (including phenoxy) is 2. The Hall–Kier alpha value is -3.33. The van der Waals surface area contributed by atoms with Crippen LogP contribution >= 0.6 is 0 Å². The second-order valence-corrected chi connectivity index (χ2v) is 18.1. The van der Waals surface area contributed by atoms with Crippen LogP contribution in [0.5, 0.6) is 5.75 Å². The Kier molecular flexibility index (Phi) is 12.7. The second kappa shape index (κ2) is 15.9. The van der Waals surface area contributed by atoms with Gasteiger partial charge in [-0.3, -0.25) is 4.79 Å². The van der Waals surface area contributed by atoms with Gasteiger partial charge in [0.1, 0.15) is 28.9 Å². The maximum absolute atomic E-state index is 12.6. The van der Waals surface area contributed by atoms with Crippen molar-refractivity contribution in [3.63, 3.8) is 0 Å². The number of rotatable bonds is 16. The fourth-order valence-corrected chi connectivity index (χ4v) is 9.85. The van der Waals surface area contributed by atoms with E-state index in [4.69, 9.17) is 13.3 Å². The van der Waals surface area contributed by atoms with Crippen LogP contribution in [0.4, 0.5) is 4.79 Å². The highest BCUT2D eigenvalue weighted by Crippen LogP contribution is 2.24. The third kappa shape index (κ3) is 11.4. The van der Waals surface area contributed by atoms with E-state index in [-0.39, 0.29) is 17.0 Å². The maximum Gasteiger partial charge on any atom is 0.407 e. The number of benzene rings is 3. The Morgan fingerprint density at radius 2 is 1.53 bits per heavy atom. The van der Waals surface area contributed by atoms with E-state index >= 15 is 0 Å². The molecule has 1 atom stereocenters. The summed E-state index contributed by atoms with van der Waals surface area (Å²) in [4.78, 5) is 25.1. The summed E-state index contributed by atoms with van der Waals surface area (Å²) in [6.07, 6.45) is 3.36. The zero-order valence-corrected chi connectivity index (χ0v) is 28.2. The first kappa shape index (κ1) is 34.2. The lowest BCUT2D eigenvalue weighted by Crippen LogP contribution is -2.41. The van der Waals surface area contributed by atoms with Gasteiger partial charge in [-0.25, -0.2) is 8.67 Å². The highest BCUT2D eigenvalue weighted by molar-refractivity contribution is 7.92. The Morgan fingerprint density at radius 1 is 0.884 bits per heavy atom. The molecule has 6 nitrogen and oxygen atoms in total. The monoisotopic (exact) mass is 620 g/mol. The summed E-state index contributed by atoms with van der Waals surface area (Å²) in [5, 5.41) is 2.99. The Labute approximate surface area is 261 Å². The molecular weight excluding hydrogens is 575 g/mol. The van der Waals surface area contributed by atoms with Crippen LogP contribution in [0.25, 0.3) is 5.57 Å². The van der Waals surface area contributed by atoms with Crippen LogP contribution in [-0.4, -0.2) is 45.4 Å². The van der Waals surface area contributed by atoms with Gasteiger partial charge in [0.15, 0.2) is 5.78 Å². The predicted molar refractivity (Wildman–Crippen MR) is 181 cm³/mol. The van der Waals surface area contributed by atoms with E-state index in [1.807, 2.05) is 93.6 Å². The van der Waals surface area contributed by atoms with Gasteiger partial charge >= 0.3 is 6.09 Å². The summed E-state index contributed by atoms with van der Waals surface area (Å²) < 4.78 is 17.9. The minimum atomic E-state index is -1.90. The van der Waals surface area contributed by atoms with Crippen LogP contribution < -0.4 is 10.1 Å². The maximum atomic E-state index is 12.6. The number of nitrogens with one attached hydrogen (secondary N) is 1. The molecule has 0 saturated carbocycles. The van der Waals surface area contributed by atoms with Gasteiger partial charge < -0.3 is 14.8 Å². The van der Waals surface area contributed by atoms with Crippen molar-refractivity contribution in [2.24, 2.45) is 0 Å². The van der Waals surface area contributed by atoms with Gasteiger partial charge in [-0.2, -0.15) is 0 Å². The van der Waals surface area contributed by atoms with Crippen molar-refractivity contribution in [1.82, 2.24) is 5.32 Å². The molecule has 0 aromatic heterocycles. The first-order valence-electron chi connectivity index (χ1n) is 14.7. The molecule has 3 aromatic carbocycles. The smallest absolute Gasteiger partial charge is 0.407 e. The Morgan fingerprint density at radius 3 is 2.21 bits per heavy atom. The predicted octanol–water partition coefficient (Wildman–Crippen LogP) is 8.16. The standard InChI is InChI=1S/C35H45NO5SSi/c1-27(2)30-16-11-17-31(26-30)35(3,4)36-34(38)40-23-13-25-43(6,7)41-42(5)24-12-22-39-32-20-18-29(19-21-32)33(37)28-14-9-8-10-15-28/h8-11,14-21,26H,1,12-13,22-25H2,2-7H3/p+1. The molecule has 0 aliphatic carbocycles. The summed E-state index contributed by atoms with van der Waals surface area (Å²) in [5.74, 6) is 1.68. The van der Waals surface area contributed by atoms with E-state index in [0.29, 0.717) is 24.3 Å². The molecule has 0 heterocycles. The number of amides is 1. The molecule has 1 unspecified atom stereocenters. The van der Waals surface area contributed by atoms with Crippen molar-refractivity contribution in [3.05, 3.63) is 108 Å². The molecule has 0 spiro atoms. The van der Waals surface area contributed by atoms with Gasteiger partial charge in [0.05, 0.1) is 18.8 Å². The lowest BCUT2D eigenvalue weighted by molar-refractivity contribution is 0.103. The Balaban J connectivity index is 1.31. The van der Waals surface area contributed by atoms with Gasteiger partial charge in [0, 0.05) is 17.5 Å². The minimum absolute atomic E-state index is 0.00515. The van der Waals surface area contributed by atoms with Crippen molar-refractivity contribution in [1.29, 1.82) is 0 Å². The molecule has 230 valence electrons. The minimum Gasteiger partial charge on any atom is -0.493 e. The third-order valence-electron chi connectivity index (χ3n) is 7.01. The quantitative estimate of drug-likeness (QED) is 0.0757. The fraction of sp³-hybridized carbons (Fsp3) is 0.371. The van der Waals surface area contributed by atoms with E-state index in [9.17, 15) is 9.59 Å². The zero-order valence-electron chi connectivity index (χ0n) is 26.4. The van der Waals surface area contributed by atoms with Gasteiger partial charge in [0.25, 0.3) is 8.32 Å². The van der Waals surface area contributed by atoms with Crippen LogP contribution in [0.3, 0.4) is 0 Å². The molecule has 1 amide bonds. The Bertz CT molecular complexity index is 1360. The first-order valence-corrected chi connectivity index (χ1v) is 19.6. The number of allylic oxidation sites excluding steroid dienone is 1. The second-order valence-electron chi connectivity index (χ2n) is 11.9. The van der Waals surface area contributed by atoms with E-state index < -0.39 is 19.9 Å². The average Bonchev–Trinajstić information content (AvgIpc) is 2.97. The van der Waals surface area contributed by atoms with Gasteiger partial charge in [0.2, 0.25) is 0 Å². The van der Waals surface area contributed by atoms with Crippen LogP contribution in [0.1, 0.15) is 60.7 Å². The SMILES string of the molecule is C=C(C)c1cccc(C(C)(C)NC(=O)OCCC[Si](C)(C)O[S+](C)CCCOc2ccc(C(=O)c3ccccc3)cc2)c1. The summed E-state index contributed by atoms with van der Waals surface area (Å²) in [6.45, 7) is 15.3. The van der Waals surface area contributed by atoms with Gasteiger partial charge in [-0.05, 0) is 87.8 Å². The van der Waals surface area contributed by atoms with Crippen molar-refractivity contribution in [2.75, 3.05) is 25.2 Å². The van der Waals surface area contributed by atoms with E-state index in [2.05, 4.69) is 37.3 Å². The lowest BCUT2D eigenvalue weighted by Gasteiger charge is -2.27. The average molecular weight is 621 g/mol. The normalized spacial score (nSPS) is 12.3. The molecule has 1 N–H and O–H groups in total. The highest BCUT2D eigenvalue weighted by Gasteiger charge is 2.32. The number of carbonyl (C=O) groups excluding carboxylic acids is 2. The topological polar surface area (TPSA) is 73.9 Å². The summed E-state index contributed by atoms with van der Waals surface area (Å²) in [6, 6.07) is 25.5. The molecule has 0 saturated heterocycles. The van der Waals surface area contributed by atoms with Crippen LogP contribution in [-0.2, 0) is 25.3 Å². The van der Waals surface area contributed by atoms with Crippen molar-refractivity contribution < 1.29 is 22.9 Å². The number of ketones is 1. The summed E-state index contributed by atoms with van der Waals surface area (Å²) in [7, 11) is -1.90. The van der Waals surface area contributed by atoms with Gasteiger partial charge in [-0.1, -0.05) is 60.7 Å². The molecule has 0 bridgehead atoms. The van der Waals surface area contributed by atoms with Crippen molar-refractivity contribution >= 4 is 36.9 Å². The molecule has 3 aromatic rings. The molecular formula is C35H46NO5SSi+.